The van der Waals surface area contributed by atoms with E-state index in [0.29, 0.717) is 18.1 Å². The Kier molecular flexibility index (Phi) is 4.57. The van der Waals surface area contributed by atoms with E-state index in [1.165, 1.54) is 6.20 Å². The molecule has 2 aromatic rings. The van der Waals surface area contributed by atoms with Crippen molar-refractivity contribution >= 4 is 21.5 Å². The molecule has 0 unspecified atom stereocenters. The minimum Gasteiger partial charge on any atom is -0.366 e. The van der Waals surface area contributed by atoms with E-state index in [-0.39, 0.29) is 5.75 Å². The molecular weight excluding hydrogens is 274 g/mol. The van der Waals surface area contributed by atoms with Gasteiger partial charge < -0.3 is 5.32 Å². The third-order valence-corrected chi connectivity index (χ3v) is 4.04. The van der Waals surface area contributed by atoms with Crippen molar-refractivity contribution in [3.63, 3.8) is 0 Å². The van der Waals surface area contributed by atoms with Crippen molar-refractivity contribution in [3.8, 4) is 0 Å². The zero-order valence-corrected chi connectivity index (χ0v) is 12.0. The summed E-state index contributed by atoms with van der Waals surface area (Å²) in [7, 11) is -3.25. The number of hydrogen-bond donors (Lipinski definition) is 2. The highest BCUT2D eigenvalue weighted by molar-refractivity contribution is 7.92. The van der Waals surface area contributed by atoms with Gasteiger partial charge in [-0.2, -0.15) is 0 Å². The fraction of sp³-hybridized carbons (Fsp3) is 0.214. The summed E-state index contributed by atoms with van der Waals surface area (Å²) >= 11 is 0. The van der Waals surface area contributed by atoms with Gasteiger partial charge in [0.15, 0.2) is 0 Å². The van der Waals surface area contributed by atoms with E-state index < -0.39 is 10.0 Å². The van der Waals surface area contributed by atoms with Gasteiger partial charge in [0.1, 0.15) is 5.82 Å². The second kappa shape index (κ2) is 6.38. The second-order valence-electron chi connectivity index (χ2n) is 4.28. The second-order valence-corrected chi connectivity index (χ2v) is 6.29. The van der Waals surface area contributed by atoms with E-state index in [1.54, 1.807) is 19.1 Å². The predicted octanol–water partition coefficient (Wildman–Crippen LogP) is 2.46. The van der Waals surface area contributed by atoms with E-state index in [1.807, 2.05) is 30.3 Å². The highest BCUT2D eigenvalue weighted by atomic mass is 32.2. The number of pyridine rings is 1. The molecule has 2 N–H and O–H groups in total. The number of benzene rings is 1. The lowest BCUT2D eigenvalue weighted by atomic mass is 10.2. The molecule has 0 aliphatic rings. The molecule has 106 valence electrons. The third-order valence-electron chi connectivity index (χ3n) is 2.73. The van der Waals surface area contributed by atoms with E-state index in [9.17, 15) is 8.42 Å². The lowest BCUT2D eigenvalue weighted by molar-refractivity contribution is 0.602. The SMILES string of the molecule is CCS(=O)(=O)Nc1ccc(NCc2ccccc2)nc1. The molecule has 6 heteroatoms. The summed E-state index contributed by atoms with van der Waals surface area (Å²) in [5.41, 5.74) is 1.63. The first-order valence-corrected chi connectivity index (χ1v) is 7.98. The highest BCUT2D eigenvalue weighted by Gasteiger charge is 2.06. The van der Waals surface area contributed by atoms with Gasteiger partial charge in [0.05, 0.1) is 17.6 Å². The van der Waals surface area contributed by atoms with Crippen LogP contribution in [-0.2, 0) is 16.6 Å². The van der Waals surface area contributed by atoms with Crippen LogP contribution in [0.4, 0.5) is 11.5 Å². The molecule has 0 aliphatic carbocycles. The van der Waals surface area contributed by atoms with Crippen LogP contribution >= 0.6 is 0 Å². The van der Waals surface area contributed by atoms with Gasteiger partial charge in [-0.3, -0.25) is 4.72 Å². The highest BCUT2D eigenvalue weighted by Crippen LogP contribution is 2.12. The first kappa shape index (κ1) is 14.3. The summed E-state index contributed by atoms with van der Waals surface area (Å²) in [6.45, 7) is 2.26. The number of nitrogens with one attached hydrogen (secondary N) is 2. The fourth-order valence-electron chi connectivity index (χ4n) is 1.60. The summed E-state index contributed by atoms with van der Waals surface area (Å²) in [5.74, 6) is 0.745. The molecule has 0 saturated heterocycles. The average molecular weight is 291 g/mol. The minimum absolute atomic E-state index is 0.0427. The van der Waals surface area contributed by atoms with Crippen LogP contribution in [0.25, 0.3) is 0 Å². The number of nitrogens with zero attached hydrogens (tertiary/aromatic N) is 1. The molecule has 0 spiro atoms. The third kappa shape index (κ3) is 4.24. The van der Waals surface area contributed by atoms with Crippen molar-refractivity contribution < 1.29 is 8.42 Å². The van der Waals surface area contributed by atoms with Crippen molar-refractivity contribution in [3.05, 3.63) is 54.2 Å². The summed E-state index contributed by atoms with van der Waals surface area (Å²) in [5, 5.41) is 3.18. The Hall–Kier alpha value is -2.08. The number of rotatable bonds is 6. The number of sulfonamides is 1. The smallest absolute Gasteiger partial charge is 0.232 e. The quantitative estimate of drug-likeness (QED) is 0.857. The summed E-state index contributed by atoms with van der Waals surface area (Å²) in [6.07, 6.45) is 1.50. The molecule has 1 aromatic carbocycles. The Morgan fingerprint density at radius 2 is 1.85 bits per heavy atom. The Morgan fingerprint density at radius 1 is 1.10 bits per heavy atom. The monoisotopic (exact) mass is 291 g/mol. The van der Waals surface area contributed by atoms with Gasteiger partial charge >= 0.3 is 0 Å². The lowest BCUT2D eigenvalue weighted by Gasteiger charge is -2.08. The number of hydrogen-bond acceptors (Lipinski definition) is 4. The number of anilines is 2. The Bertz CT molecular complexity index is 640. The predicted molar refractivity (Wildman–Crippen MR) is 81.1 cm³/mol. The maximum Gasteiger partial charge on any atom is 0.232 e. The van der Waals surface area contributed by atoms with Gasteiger partial charge in [0, 0.05) is 6.54 Å². The molecule has 2 rings (SSSR count). The van der Waals surface area contributed by atoms with Crippen LogP contribution in [0, 0.1) is 0 Å². The van der Waals surface area contributed by atoms with Crippen LogP contribution in [0.2, 0.25) is 0 Å². The van der Waals surface area contributed by atoms with Crippen LogP contribution in [0.5, 0.6) is 0 Å². The zero-order valence-electron chi connectivity index (χ0n) is 11.2. The zero-order chi connectivity index (χ0) is 14.4. The van der Waals surface area contributed by atoms with Crippen LogP contribution in [-0.4, -0.2) is 19.2 Å². The van der Waals surface area contributed by atoms with Gasteiger partial charge in [-0.05, 0) is 24.6 Å². The van der Waals surface area contributed by atoms with Crippen molar-refractivity contribution in [1.29, 1.82) is 0 Å². The molecule has 0 saturated carbocycles. The molecule has 1 heterocycles. The summed E-state index contributed by atoms with van der Waals surface area (Å²) < 4.78 is 25.3. The van der Waals surface area contributed by atoms with Crippen molar-refractivity contribution in [2.24, 2.45) is 0 Å². The summed E-state index contributed by atoms with van der Waals surface area (Å²) in [4.78, 5) is 4.17. The van der Waals surface area contributed by atoms with Crippen LogP contribution < -0.4 is 10.0 Å². The lowest BCUT2D eigenvalue weighted by Crippen LogP contribution is -2.14. The molecule has 0 amide bonds. The molecule has 0 atom stereocenters. The van der Waals surface area contributed by atoms with Crippen LogP contribution in [0.3, 0.4) is 0 Å². The van der Waals surface area contributed by atoms with Crippen molar-refractivity contribution in [2.45, 2.75) is 13.5 Å². The largest absolute Gasteiger partial charge is 0.366 e. The average Bonchev–Trinajstić information content (AvgIpc) is 2.47. The van der Waals surface area contributed by atoms with Crippen molar-refractivity contribution in [1.82, 2.24) is 4.98 Å². The maximum absolute atomic E-state index is 11.4. The summed E-state index contributed by atoms with van der Waals surface area (Å²) in [6, 6.07) is 13.4. The van der Waals surface area contributed by atoms with Gasteiger partial charge in [0.25, 0.3) is 0 Å². The van der Waals surface area contributed by atoms with E-state index in [2.05, 4.69) is 15.0 Å². The Labute approximate surface area is 119 Å². The first-order chi connectivity index (χ1) is 9.59. The Morgan fingerprint density at radius 3 is 2.45 bits per heavy atom. The van der Waals surface area contributed by atoms with Crippen LogP contribution in [0.1, 0.15) is 12.5 Å². The van der Waals surface area contributed by atoms with E-state index in [0.717, 1.165) is 5.56 Å². The van der Waals surface area contributed by atoms with Gasteiger partial charge in [-0.1, -0.05) is 30.3 Å². The van der Waals surface area contributed by atoms with E-state index >= 15 is 0 Å². The standard InChI is InChI=1S/C14H17N3O2S/c1-2-20(18,19)17-13-8-9-14(16-11-13)15-10-12-6-4-3-5-7-12/h3-9,11,17H,2,10H2,1H3,(H,15,16). The molecule has 0 radical (unpaired) electrons. The number of aromatic nitrogens is 1. The van der Waals surface area contributed by atoms with E-state index in [4.69, 9.17) is 0 Å². The fourth-order valence-corrected chi connectivity index (χ4v) is 2.22. The first-order valence-electron chi connectivity index (χ1n) is 6.33. The Balaban J connectivity index is 1.95. The molecular formula is C14H17N3O2S. The van der Waals surface area contributed by atoms with Crippen molar-refractivity contribution in [2.75, 3.05) is 15.8 Å². The normalized spacial score (nSPS) is 11.1. The molecule has 5 nitrogen and oxygen atoms in total. The molecule has 0 aliphatic heterocycles. The van der Waals surface area contributed by atoms with Gasteiger partial charge in [0.2, 0.25) is 10.0 Å². The molecule has 0 fully saturated rings. The van der Waals surface area contributed by atoms with Gasteiger partial charge in [-0.15, -0.1) is 0 Å². The maximum atomic E-state index is 11.4. The molecule has 20 heavy (non-hydrogen) atoms. The minimum atomic E-state index is -3.25. The molecule has 0 bridgehead atoms. The topological polar surface area (TPSA) is 71.1 Å². The van der Waals surface area contributed by atoms with Gasteiger partial charge in [-0.25, -0.2) is 13.4 Å². The molecule has 1 aromatic heterocycles. The van der Waals surface area contributed by atoms with Crippen LogP contribution in [0.15, 0.2) is 48.7 Å².